The number of carbonyl (C=O) groups excluding carboxylic acids is 1. The normalized spacial score (nSPS) is 14.0. The zero-order valence-corrected chi connectivity index (χ0v) is 28.2. The highest BCUT2D eigenvalue weighted by Crippen LogP contribution is 2.53. The number of carbonyl (C=O) groups is 1. The summed E-state index contributed by atoms with van der Waals surface area (Å²) in [7, 11) is 0. The molecule has 1 amide bonds. The minimum Gasteiger partial charge on any atom is -0.398 e. The number of hydrogen-bond donors (Lipinski definition) is 4. The highest BCUT2D eigenvalue weighted by Gasteiger charge is 2.54. The first kappa shape index (κ1) is 33.9. The smallest absolute Gasteiger partial charge is 0.398 e. The lowest BCUT2D eigenvalue weighted by Crippen LogP contribution is -2.38. The zero-order chi connectivity index (χ0) is 34.9. The van der Waals surface area contributed by atoms with Gasteiger partial charge >= 0.3 is 22.8 Å². The fourth-order valence-corrected chi connectivity index (χ4v) is 6.31. The number of nitrogens with zero attached hydrogens (tertiary/aromatic N) is 2. The number of nitriles is 2. The summed E-state index contributed by atoms with van der Waals surface area (Å²) in [5.41, 5.74) is 9.68. The Balaban J connectivity index is 0.000000143. The van der Waals surface area contributed by atoms with E-state index in [0.29, 0.717) is 50.3 Å². The third kappa shape index (κ3) is 7.24. The molecule has 2 aliphatic rings. The van der Waals surface area contributed by atoms with Gasteiger partial charge in [0.1, 0.15) is 0 Å². The quantitative estimate of drug-likeness (QED) is 0.152. The summed E-state index contributed by atoms with van der Waals surface area (Å²) in [6.07, 6.45) is 4.57. The van der Waals surface area contributed by atoms with Crippen molar-refractivity contribution in [1.82, 2.24) is 15.3 Å². The second-order valence-electron chi connectivity index (χ2n) is 11.8. The van der Waals surface area contributed by atoms with E-state index >= 15 is 0 Å². The number of amides is 1. The largest absolute Gasteiger partial charge is 0.419 e. The molecule has 244 valence electrons. The van der Waals surface area contributed by atoms with Crippen LogP contribution in [0.25, 0.3) is 21.8 Å². The van der Waals surface area contributed by atoms with Crippen molar-refractivity contribution in [3.8, 4) is 12.1 Å². The molecule has 5 N–H and O–H groups in total. The van der Waals surface area contributed by atoms with Crippen LogP contribution < -0.4 is 33.8 Å². The molecule has 0 saturated heterocycles. The third-order valence-corrected chi connectivity index (χ3v) is 8.92. The Labute approximate surface area is 285 Å². The summed E-state index contributed by atoms with van der Waals surface area (Å²) in [4.78, 5) is 61.8. The summed E-state index contributed by atoms with van der Waals surface area (Å²) in [6, 6.07) is 13.8. The van der Waals surface area contributed by atoms with Crippen molar-refractivity contribution >= 4 is 56.0 Å². The maximum Gasteiger partial charge on any atom is 0.419 e. The molecule has 5 aromatic rings. The number of aromatic nitrogens is 2. The van der Waals surface area contributed by atoms with Crippen molar-refractivity contribution in [1.29, 1.82) is 10.5 Å². The number of hydrogen-bond acceptors (Lipinski definition) is 10. The van der Waals surface area contributed by atoms with Crippen molar-refractivity contribution in [3.05, 3.63) is 115 Å². The maximum absolute atomic E-state index is 12.4. The number of aromatic amines is 2. The van der Waals surface area contributed by atoms with Gasteiger partial charge in [-0.25, -0.2) is 19.2 Å². The molecular weight excluding hydrogens is 731 g/mol. The molecule has 2 saturated carbocycles. The Morgan fingerprint density at radius 1 is 0.833 bits per heavy atom. The number of nitrogen functional groups attached to an aromatic ring is 1. The van der Waals surface area contributed by atoms with E-state index in [1.165, 1.54) is 18.9 Å². The lowest BCUT2D eigenvalue weighted by atomic mass is 10.0. The van der Waals surface area contributed by atoms with Crippen molar-refractivity contribution < 1.29 is 13.6 Å². The third-order valence-electron chi connectivity index (χ3n) is 8.30. The Morgan fingerprint density at radius 3 is 1.85 bits per heavy atom. The van der Waals surface area contributed by atoms with Crippen LogP contribution in [0, 0.1) is 52.9 Å². The monoisotopic (exact) mass is 760 g/mol. The molecule has 3 aromatic carbocycles. The molecule has 0 unspecified atom stereocenters. The summed E-state index contributed by atoms with van der Waals surface area (Å²) in [6.45, 7) is 5.36. The first-order valence-corrected chi connectivity index (χ1v) is 15.9. The Kier molecular flexibility index (Phi) is 9.40. The molecular formula is C34H29IN6O7. The van der Waals surface area contributed by atoms with Crippen molar-refractivity contribution in [3.63, 3.8) is 0 Å². The van der Waals surface area contributed by atoms with Gasteiger partial charge in [-0.3, -0.25) is 14.8 Å². The van der Waals surface area contributed by atoms with Gasteiger partial charge in [-0.2, -0.15) is 10.5 Å². The molecule has 0 aliphatic heterocycles. The van der Waals surface area contributed by atoms with Crippen LogP contribution in [0.4, 0.5) is 5.69 Å². The molecule has 2 aliphatic carbocycles. The van der Waals surface area contributed by atoms with Gasteiger partial charge in [-0.15, -0.1) is 0 Å². The summed E-state index contributed by atoms with van der Waals surface area (Å²) >= 11 is 2.11. The zero-order valence-electron chi connectivity index (χ0n) is 26.1. The van der Waals surface area contributed by atoms with E-state index in [1.807, 2.05) is 26.0 Å². The van der Waals surface area contributed by atoms with Crippen LogP contribution >= 0.6 is 22.6 Å². The van der Waals surface area contributed by atoms with Crippen LogP contribution in [0.5, 0.6) is 0 Å². The van der Waals surface area contributed by atoms with Gasteiger partial charge < -0.3 is 19.9 Å². The van der Waals surface area contributed by atoms with E-state index in [2.05, 4.69) is 52.8 Å². The van der Waals surface area contributed by atoms with Gasteiger partial charge in [0.05, 0.1) is 50.6 Å². The number of nitrogens with one attached hydrogen (secondary N) is 3. The summed E-state index contributed by atoms with van der Waals surface area (Å²) in [5.74, 6) is -0.993. The van der Waals surface area contributed by atoms with Crippen LogP contribution in [0.2, 0.25) is 0 Å². The number of H-pyrrole nitrogens is 2. The molecule has 0 radical (unpaired) electrons. The predicted molar refractivity (Wildman–Crippen MR) is 186 cm³/mol. The van der Waals surface area contributed by atoms with Crippen molar-refractivity contribution in [2.24, 2.45) is 5.92 Å². The van der Waals surface area contributed by atoms with E-state index in [0.717, 1.165) is 27.5 Å². The van der Waals surface area contributed by atoms with Crippen molar-refractivity contribution in [2.45, 2.75) is 52.0 Å². The second kappa shape index (κ2) is 13.3. The van der Waals surface area contributed by atoms with Gasteiger partial charge in [-0.1, -0.05) is 0 Å². The molecule has 0 spiro atoms. The molecule has 7 rings (SSSR count). The van der Waals surface area contributed by atoms with Gasteiger partial charge in [0.2, 0.25) is 0 Å². The first-order valence-electron chi connectivity index (χ1n) is 14.8. The average molecular weight is 761 g/mol. The molecule has 0 atom stereocenters. The minimum atomic E-state index is -0.791. The number of nitrogens with two attached hydrogens (primary N) is 1. The summed E-state index contributed by atoms with van der Waals surface area (Å²) < 4.78 is 9.74. The van der Waals surface area contributed by atoms with E-state index in [4.69, 9.17) is 16.3 Å². The molecule has 2 heterocycles. The number of rotatable bonds is 3. The molecule has 2 aromatic heterocycles. The highest BCUT2D eigenvalue weighted by atomic mass is 127. The molecule has 48 heavy (non-hydrogen) atoms. The van der Waals surface area contributed by atoms with E-state index in [9.17, 15) is 24.0 Å². The SMILES string of the molecule is Cc1cc(C#N)cc(C(=O)NC2(C3CC3)CC2)c1N.Cc1cc(C#N)cc2c(=O)oc(=O)[nH]c12.Cc1cc(I)cc2c(=O)oc(=O)[nH]c12. The van der Waals surface area contributed by atoms with E-state index in [-0.39, 0.29) is 16.8 Å². The highest BCUT2D eigenvalue weighted by molar-refractivity contribution is 14.1. The maximum atomic E-state index is 12.4. The van der Waals surface area contributed by atoms with Gasteiger partial charge in [0.25, 0.3) is 5.91 Å². The van der Waals surface area contributed by atoms with Crippen LogP contribution in [-0.2, 0) is 0 Å². The van der Waals surface area contributed by atoms with E-state index in [1.54, 1.807) is 31.2 Å². The number of halogens is 1. The fourth-order valence-electron chi connectivity index (χ4n) is 5.53. The Morgan fingerprint density at radius 2 is 1.33 bits per heavy atom. The molecule has 2 fully saturated rings. The Hall–Kier alpha value is -5.48. The molecule has 13 nitrogen and oxygen atoms in total. The van der Waals surface area contributed by atoms with Crippen LogP contribution in [0.3, 0.4) is 0 Å². The lowest BCUT2D eigenvalue weighted by molar-refractivity contribution is 0.0926. The summed E-state index contributed by atoms with van der Waals surface area (Å²) in [5, 5.41) is 21.5. The minimum absolute atomic E-state index is 0.0279. The number of benzene rings is 3. The van der Waals surface area contributed by atoms with Crippen molar-refractivity contribution in [2.75, 3.05) is 5.73 Å². The molecule has 14 heteroatoms. The number of aryl methyl sites for hydroxylation is 3. The lowest BCUT2D eigenvalue weighted by Gasteiger charge is -2.18. The first-order chi connectivity index (χ1) is 22.7. The van der Waals surface area contributed by atoms with Crippen LogP contribution in [0.15, 0.2) is 64.4 Å². The predicted octanol–water partition coefficient (Wildman–Crippen LogP) is 4.18. The Bertz CT molecular complexity index is 2440. The van der Waals surface area contributed by atoms with Crippen LogP contribution in [0.1, 0.15) is 63.9 Å². The van der Waals surface area contributed by atoms with Crippen LogP contribution in [-0.4, -0.2) is 21.4 Å². The van der Waals surface area contributed by atoms with Gasteiger partial charge in [0.15, 0.2) is 0 Å². The van der Waals surface area contributed by atoms with Gasteiger partial charge in [-0.05, 0) is 128 Å². The standard InChI is InChI=1S/C15H17N3O.C10H6N2O3.C9H6INO3/c1-9-6-10(8-16)7-12(13(9)17)14(19)18-15(4-5-15)11-2-3-11;1-5-2-6(4-11)3-7-8(5)12-10(14)15-9(7)13;1-4-2-5(10)3-6-7(4)11-9(13)14-8(6)12/h6-7,11H,2-5,17H2,1H3,(H,18,19);2-3H,1H3,(H,12,14);2-3H,1H3,(H,11,13). The average Bonchev–Trinajstić information content (AvgIpc) is 3.96. The molecule has 0 bridgehead atoms. The second-order valence-corrected chi connectivity index (χ2v) is 13.1. The fraction of sp³-hybridized carbons (Fsp3) is 0.265. The number of anilines is 1. The van der Waals surface area contributed by atoms with E-state index < -0.39 is 22.8 Å². The number of fused-ring (bicyclic) bond motifs is 2. The topological polar surface area (TPSA) is 229 Å². The van der Waals surface area contributed by atoms with Gasteiger partial charge in [0, 0.05) is 14.8 Å².